The molecule has 1 aliphatic rings. The first kappa shape index (κ1) is 16.4. The van der Waals surface area contributed by atoms with Crippen LogP contribution in [0.2, 0.25) is 0 Å². The molecule has 1 amide bonds. The zero-order valence-electron chi connectivity index (χ0n) is 12.2. The van der Waals surface area contributed by atoms with Crippen LogP contribution in [0.25, 0.3) is 0 Å². The lowest BCUT2D eigenvalue weighted by molar-refractivity contribution is -0.122. The fourth-order valence-corrected chi connectivity index (χ4v) is 2.51. The Balaban J connectivity index is 2.34. The van der Waals surface area contributed by atoms with E-state index in [4.69, 9.17) is 9.84 Å². The Morgan fingerprint density at radius 1 is 1.47 bits per heavy atom. The van der Waals surface area contributed by atoms with E-state index >= 15 is 0 Å². The van der Waals surface area contributed by atoms with Gasteiger partial charge in [0.25, 0.3) is 0 Å². The van der Waals surface area contributed by atoms with E-state index in [1.807, 2.05) is 0 Å². The zero-order valence-corrected chi connectivity index (χ0v) is 12.2. The summed E-state index contributed by atoms with van der Waals surface area (Å²) >= 11 is 0. The van der Waals surface area contributed by atoms with Crippen molar-refractivity contribution in [1.82, 2.24) is 10.6 Å². The van der Waals surface area contributed by atoms with Gasteiger partial charge in [-0.15, -0.1) is 0 Å². The first-order valence-electron chi connectivity index (χ1n) is 7.34. The largest absolute Gasteiger partial charge is 0.396 e. The number of rotatable bonds is 8. The number of hydrogen-bond donors (Lipinski definition) is 3. The first-order valence-corrected chi connectivity index (χ1v) is 7.34. The highest BCUT2D eigenvalue weighted by molar-refractivity contribution is 5.76. The van der Waals surface area contributed by atoms with Crippen LogP contribution < -0.4 is 10.6 Å². The van der Waals surface area contributed by atoms with Gasteiger partial charge in [-0.2, -0.15) is 0 Å². The van der Waals surface area contributed by atoms with E-state index in [1.54, 1.807) is 0 Å². The molecule has 0 bridgehead atoms. The van der Waals surface area contributed by atoms with E-state index < -0.39 is 0 Å². The number of aliphatic hydroxyl groups is 1. The molecule has 0 aromatic carbocycles. The summed E-state index contributed by atoms with van der Waals surface area (Å²) in [7, 11) is 0. The SMILES string of the molecule is CCC(CC)(CCO)CNC(=O)CC1COCCN1. The normalized spacial score (nSPS) is 20.3. The number of aliphatic hydroxyl groups excluding tert-OH is 1. The molecule has 0 aromatic heterocycles. The minimum absolute atomic E-state index is 0.0287. The van der Waals surface area contributed by atoms with E-state index in [9.17, 15) is 4.79 Å². The fraction of sp³-hybridized carbons (Fsp3) is 0.929. The summed E-state index contributed by atoms with van der Waals surface area (Å²) < 4.78 is 5.33. The topological polar surface area (TPSA) is 70.6 Å². The highest BCUT2D eigenvalue weighted by Gasteiger charge is 2.26. The Bertz CT molecular complexity index is 261. The van der Waals surface area contributed by atoms with Gasteiger partial charge in [-0.1, -0.05) is 13.8 Å². The van der Waals surface area contributed by atoms with Gasteiger partial charge in [-0.3, -0.25) is 4.79 Å². The third-order valence-electron chi connectivity index (χ3n) is 4.23. The van der Waals surface area contributed by atoms with Crippen LogP contribution in [0.3, 0.4) is 0 Å². The van der Waals surface area contributed by atoms with Gasteiger partial charge in [0, 0.05) is 32.2 Å². The predicted octanol–water partition coefficient (Wildman–Crippen LogP) is 0.670. The van der Waals surface area contributed by atoms with Crippen molar-refractivity contribution in [3.8, 4) is 0 Å². The third kappa shape index (κ3) is 5.47. The lowest BCUT2D eigenvalue weighted by Gasteiger charge is -2.31. The Hall–Kier alpha value is -0.650. The lowest BCUT2D eigenvalue weighted by Crippen LogP contribution is -2.45. The van der Waals surface area contributed by atoms with Crippen molar-refractivity contribution in [3.05, 3.63) is 0 Å². The molecule has 1 saturated heterocycles. The monoisotopic (exact) mass is 272 g/mol. The van der Waals surface area contributed by atoms with Crippen LogP contribution in [0.1, 0.15) is 39.5 Å². The van der Waals surface area contributed by atoms with Gasteiger partial charge < -0.3 is 20.5 Å². The van der Waals surface area contributed by atoms with Crippen LogP contribution in [-0.4, -0.2) is 50.0 Å². The van der Waals surface area contributed by atoms with Gasteiger partial charge in [-0.05, 0) is 24.7 Å². The molecular formula is C14H28N2O3. The number of morpholine rings is 1. The van der Waals surface area contributed by atoms with Crippen molar-refractivity contribution >= 4 is 5.91 Å². The molecule has 1 fully saturated rings. The first-order chi connectivity index (χ1) is 9.15. The lowest BCUT2D eigenvalue weighted by atomic mass is 9.79. The average Bonchev–Trinajstić information content (AvgIpc) is 2.45. The Morgan fingerprint density at radius 3 is 2.74 bits per heavy atom. The summed E-state index contributed by atoms with van der Waals surface area (Å²) in [5, 5.41) is 15.4. The molecule has 112 valence electrons. The smallest absolute Gasteiger partial charge is 0.221 e. The number of nitrogens with one attached hydrogen (secondary N) is 2. The minimum atomic E-state index is 0.0287. The summed E-state index contributed by atoms with van der Waals surface area (Å²) in [6.45, 7) is 7.20. The van der Waals surface area contributed by atoms with Gasteiger partial charge >= 0.3 is 0 Å². The van der Waals surface area contributed by atoms with Gasteiger partial charge in [0.2, 0.25) is 5.91 Å². The van der Waals surface area contributed by atoms with Crippen molar-refractivity contribution < 1.29 is 14.6 Å². The Morgan fingerprint density at radius 2 is 2.21 bits per heavy atom. The van der Waals surface area contributed by atoms with E-state index in [1.165, 1.54) is 0 Å². The van der Waals surface area contributed by atoms with Crippen molar-refractivity contribution in [2.24, 2.45) is 5.41 Å². The maximum atomic E-state index is 11.9. The highest BCUT2D eigenvalue weighted by atomic mass is 16.5. The van der Waals surface area contributed by atoms with Gasteiger partial charge in [0.1, 0.15) is 0 Å². The second kappa shape index (κ2) is 8.51. The molecule has 19 heavy (non-hydrogen) atoms. The van der Waals surface area contributed by atoms with E-state index in [-0.39, 0.29) is 24.0 Å². The van der Waals surface area contributed by atoms with E-state index in [0.29, 0.717) is 19.6 Å². The van der Waals surface area contributed by atoms with Crippen molar-refractivity contribution in [2.75, 3.05) is 32.9 Å². The molecule has 0 aliphatic carbocycles. The highest BCUT2D eigenvalue weighted by Crippen LogP contribution is 2.29. The average molecular weight is 272 g/mol. The maximum absolute atomic E-state index is 11.9. The van der Waals surface area contributed by atoms with Crippen molar-refractivity contribution in [2.45, 2.75) is 45.6 Å². The Kier molecular flexibility index (Phi) is 7.34. The summed E-state index contributed by atoms with van der Waals surface area (Å²) in [5.41, 5.74) is 0.0287. The molecule has 3 N–H and O–H groups in total. The molecule has 1 rings (SSSR count). The van der Waals surface area contributed by atoms with E-state index in [2.05, 4.69) is 24.5 Å². The van der Waals surface area contributed by atoms with Gasteiger partial charge in [0.05, 0.1) is 13.2 Å². The summed E-state index contributed by atoms with van der Waals surface area (Å²) in [6, 6.07) is 0.129. The quantitative estimate of drug-likeness (QED) is 0.607. The summed E-state index contributed by atoms with van der Waals surface area (Å²) in [4.78, 5) is 11.9. The van der Waals surface area contributed by atoms with Crippen LogP contribution in [0.5, 0.6) is 0 Å². The third-order valence-corrected chi connectivity index (χ3v) is 4.23. The molecule has 0 aromatic rings. The van der Waals surface area contributed by atoms with Gasteiger partial charge in [-0.25, -0.2) is 0 Å². The maximum Gasteiger partial charge on any atom is 0.221 e. The predicted molar refractivity (Wildman–Crippen MR) is 75.0 cm³/mol. The van der Waals surface area contributed by atoms with Crippen molar-refractivity contribution in [3.63, 3.8) is 0 Å². The Labute approximate surface area is 116 Å². The molecule has 5 heteroatoms. The summed E-state index contributed by atoms with van der Waals surface area (Å²) in [6.07, 6.45) is 3.14. The van der Waals surface area contributed by atoms with Crippen LogP contribution in [-0.2, 0) is 9.53 Å². The number of carbonyl (C=O) groups excluding carboxylic acids is 1. The van der Waals surface area contributed by atoms with Crippen LogP contribution in [0.15, 0.2) is 0 Å². The minimum Gasteiger partial charge on any atom is -0.396 e. The number of carbonyl (C=O) groups is 1. The fourth-order valence-electron chi connectivity index (χ4n) is 2.51. The molecule has 0 radical (unpaired) electrons. The molecule has 0 saturated carbocycles. The number of ether oxygens (including phenoxy) is 1. The summed E-state index contributed by atoms with van der Waals surface area (Å²) in [5.74, 6) is 0.0622. The standard InChI is InChI=1S/C14H28N2O3/c1-3-14(4-2,5-7-17)11-16-13(18)9-12-10-19-8-6-15-12/h12,15,17H,3-11H2,1-2H3,(H,16,18). The number of amides is 1. The molecule has 1 aliphatic heterocycles. The van der Waals surface area contributed by atoms with Crippen molar-refractivity contribution in [1.29, 1.82) is 0 Å². The van der Waals surface area contributed by atoms with Crippen LogP contribution in [0, 0.1) is 5.41 Å². The van der Waals surface area contributed by atoms with Crippen LogP contribution in [0.4, 0.5) is 0 Å². The molecular weight excluding hydrogens is 244 g/mol. The molecule has 1 heterocycles. The molecule has 1 atom stereocenters. The second-order valence-electron chi connectivity index (χ2n) is 5.39. The number of hydrogen-bond acceptors (Lipinski definition) is 4. The molecule has 5 nitrogen and oxygen atoms in total. The zero-order chi connectivity index (χ0) is 14.1. The molecule has 1 unspecified atom stereocenters. The van der Waals surface area contributed by atoms with E-state index in [0.717, 1.165) is 32.4 Å². The molecule has 0 spiro atoms. The second-order valence-corrected chi connectivity index (χ2v) is 5.39. The van der Waals surface area contributed by atoms with Crippen LogP contribution >= 0.6 is 0 Å². The van der Waals surface area contributed by atoms with Gasteiger partial charge in [0.15, 0.2) is 0 Å².